The Hall–Kier alpha value is -3.55. The molecule has 0 amide bonds. The number of aliphatic imine (C=N–C) groups is 2. The number of benzene rings is 2. The summed E-state index contributed by atoms with van der Waals surface area (Å²) in [7, 11) is 1.76. The molecule has 0 fully saturated rings. The number of fused-ring (bicyclic) bond motifs is 1. The van der Waals surface area contributed by atoms with Crippen LogP contribution in [0.4, 0.5) is 14.5 Å². The molecule has 140 valence electrons. The summed E-state index contributed by atoms with van der Waals surface area (Å²) >= 11 is 0. The molecule has 0 radical (unpaired) electrons. The smallest absolute Gasteiger partial charge is 0.185 e. The van der Waals surface area contributed by atoms with Crippen molar-refractivity contribution in [3.63, 3.8) is 0 Å². The van der Waals surface area contributed by atoms with Gasteiger partial charge in [0.2, 0.25) is 0 Å². The molecular weight excluding hydrogens is 364 g/mol. The molecule has 1 aliphatic rings. The van der Waals surface area contributed by atoms with Gasteiger partial charge in [-0.25, -0.2) is 13.8 Å². The molecule has 2 aromatic carbocycles. The molecule has 4 rings (SSSR count). The summed E-state index contributed by atoms with van der Waals surface area (Å²) in [5, 5.41) is 4.04. The van der Waals surface area contributed by atoms with E-state index >= 15 is 0 Å². The number of Topliss-reactive ketones (excluding diaryl/α,β-unsaturated/α-hetero) is 1. The summed E-state index contributed by atoms with van der Waals surface area (Å²) in [6.07, 6.45) is 3.26. The zero-order chi connectivity index (χ0) is 19.7. The number of carbonyl (C=O) groups is 1. The van der Waals surface area contributed by atoms with Crippen LogP contribution in [0.3, 0.4) is 0 Å². The molecule has 0 aliphatic carbocycles. The van der Waals surface area contributed by atoms with Gasteiger partial charge in [0.15, 0.2) is 5.78 Å². The number of halogens is 2. The minimum Gasteiger partial charge on any atom is -0.292 e. The molecule has 0 saturated carbocycles. The number of aromatic nitrogens is 3. The third-order valence-corrected chi connectivity index (χ3v) is 4.44. The highest BCUT2D eigenvalue weighted by Gasteiger charge is 2.25. The third-order valence-electron chi connectivity index (χ3n) is 4.44. The molecule has 3 aromatic rings. The summed E-state index contributed by atoms with van der Waals surface area (Å²) in [6, 6.07) is 8.21. The van der Waals surface area contributed by atoms with Gasteiger partial charge < -0.3 is 0 Å². The van der Waals surface area contributed by atoms with Crippen molar-refractivity contribution in [2.24, 2.45) is 17.0 Å². The molecule has 1 aliphatic heterocycles. The van der Waals surface area contributed by atoms with Gasteiger partial charge in [-0.15, -0.1) is 0 Å². The van der Waals surface area contributed by atoms with Crippen LogP contribution in [0.5, 0.6) is 0 Å². The second-order valence-corrected chi connectivity index (χ2v) is 6.32. The normalized spacial score (nSPS) is 13.7. The van der Waals surface area contributed by atoms with Crippen LogP contribution in [0.1, 0.15) is 27.3 Å². The second-order valence-electron chi connectivity index (χ2n) is 6.32. The van der Waals surface area contributed by atoms with Crippen molar-refractivity contribution in [1.82, 2.24) is 14.8 Å². The molecule has 0 saturated heterocycles. The van der Waals surface area contributed by atoms with Crippen LogP contribution in [0.15, 0.2) is 52.7 Å². The van der Waals surface area contributed by atoms with E-state index in [1.165, 1.54) is 36.8 Å². The number of nitrogens with zero attached hydrogens (tertiary/aromatic N) is 5. The van der Waals surface area contributed by atoms with Crippen molar-refractivity contribution in [2.75, 3.05) is 6.54 Å². The van der Waals surface area contributed by atoms with E-state index in [1.807, 2.05) is 0 Å². The highest BCUT2D eigenvalue weighted by Crippen LogP contribution is 2.29. The molecular formula is C20H15F2N5O. The topological polar surface area (TPSA) is 72.5 Å². The third kappa shape index (κ3) is 3.48. The maximum absolute atomic E-state index is 14.1. The predicted octanol–water partition coefficient (Wildman–Crippen LogP) is 3.07. The Morgan fingerprint density at radius 2 is 1.96 bits per heavy atom. The van der Waals surface area contributed by atoms with Crippen molar-refractivity contribution < 1.29 is 13.6 Å². The lowest BCUT2D eigenvalue weighted by Crippen LogP contribution is -2.22. The Balaban J connectivity index is 1.77. The van der Waals surface area contributed by atoms with E-state index in [0.29, 0.717) is 29.1 Å². The lowest BCUT2D eigenvalue weighted by atomic mass is 9.93. The van der Waals surface area contributed by atoms with Gasteiger partial charge in [-0.2, -0.15) is 5.10 Å². The number of rotatable bonds is 4. The number of aryl methyl sites for hydroxylation is 1. The fraction of sp³-hybridized carbons (Fsp3) is 0.150. The quantitative estimate of drug-likeness (QED) is 0.654. The Bertz CT molecular complexity index is 1120. The molecule has 8 heteroatoms. The van der Waals surface area contributed by atoms with Crippen LogP contribution in [0, 0.1) is 11.6 Å². The summed E-state index contributed by atoms with van der Waals surface area (Å²) in [4.78, 5) is 25.2. The maximum Gasteiger partial charge on any atom is 0.185 e. The van der Waals surface area contributed by atoms with Gasteiger partial charge in [-0.05, 0) is 23.8 Å². The van der Waals surface area contributed by atoms with Crippen LogP contribution < -0.4 is 0 Å². The maximum atomic E-state index is 14.1. The van der Waals surface area contributed by atoms with Crippen molar-refractivity contribution in [3.8, 4) is 0 Å². The lowest BCUT2D eigenvalue weighted by molar-refractivity contribution is 0.0999. The molecule has 0 N–H and O–H groups in total. The van der Waals surface area contributed by atoms with Gasteiger partial charge in [0.1, 0.15) is 30.3 Å². The van der Waals surface area contributed by atoms with E-state index < -0.39 is 5.82 Å². The van der Waals surface area contributed by atoms with Gasteiger partial charge in [-0.3, -0.25) is 19.5 Å². The Morgan fingerprint density at radius 1 is 1.18 bits per heavy atom. The molecule has 0 atom stereocenters. The summed E-state index contributed by atoms with van der Waals surface area (Å²) < 4.78 is 28.8. The molecule has 6 nitrogen and oxygen atoms in total. The monoisotopic (exact) mass is 379 g/mol. The number of carbonyl (C=O) groups excluding carboxylic acids is 1. The Labute approximate surface area is 159 Å². The van der Waals surface area contributed by atoms with Gasteiger partial charge in [0.05, 0.1) is 17.8 Å². The fourth-order valence-corrected chi connectivity index (χ4v) is 3.02. The minimum absolute atomic E-state index is 0.0508. The molecule has 28 heavy (non-hydrogen) atoms. The standard InChI is InChI=1S/C20H15F2N5O/c1-27-19(25-11-26-27)8-17-20-15(18(28)10-24-17)6-14(22)7-16(20)23-9-12-2-4-13(21)5-3-12/h2-7,9,11H,8,10H2,1H3. The molecule has 0 spiro atoms. The van der Waals surface area contributed by atoms with E-state index in [9.17, 15) is 13.6 Å². The van der Waals surface area contributed by atoms with E-state index in [1.54, 1.807) is 23.9 Å². The summed E-state index contributed by atoms with van der Waals surface area (Å²) in [6.45, 7) is -0.0508. The van der Waals surface area contributed by atoms with Crippen LogP contribution in [0.2, 0.25) is 0 Å². The SMILES string of the molecule is Cn1ncnc1CC1=NCC(=O)c2cc(F)cc(N=Cc3ccc(F)cc3)c21. The zero-order valence-electron chi connectivity index (χ0n) is 14.9. The molecule has 1 aromatic heterocycles. The van der Waals surface area contributed by atoms with Crippen molar-refractivity contribution >= 4 is 23.4 Å². The fourth-order valence-electron chi connectivity index (χ4n) is 3.02. The first-order chi connectivity index (χ1) is 13.5. The number of ketones is 1. The van der Waals surface area contributed by atoms with Gasteiger partial charge in [0.25, 0.3) is 0 Å². The molecule has 0 bridgehead atoms. The largest absolute Gasteiger partial charge is 0.292 e. The average molecular weight is 379 g/mol. The first kappa shape index (κ1) is 17.8. The summed E-state index contributed by atoms with van der Waals surface area (Å²) in [5.74, 6) is -0.520. The van der Waals surface area contributed by atoms with Gasteiger partial charge >= 0.3 is 0 Å². The van der Waals surface area contributed by atoms with Crippen molar-refractivity contribution in [2.45, 2.75) is 6.42 Å². The van der Waals surface area contributed by atoms with E-state index in [4.69, 9.17) is 0 Å². The van der Waals surface area contributed by atoms with E-state index in [0.717, 1.165) is 0 Å². The van der Waals surface area contributed by atoms with Gasteiger partial charge in [0, 0.05) is 30.5 Å². The molecule has 0 unspecified atom stereocenters. The first-order valence-electron chi connectivity index (χ1n) is 8.54. The van der Waals surface area contributed by atoms with Crippen LogP contribution >= 0.6 is 0 Å². The van der Waals surface area contributed by atoms with Gasteiger partial charge in [-0.1, -0.05) is 12.1 Å². The highest BCUT2D eigenvalue weighted by molar-refractivity contribution is 6.18. The highest BCUT2D eigenvalue weighted by atomic mass is 19.1. The average Bonchev–Trinajstić information content (AvgIpc) is 3.08. The predicted molar refractivity (Wildman–Crippen MR) is 100 cm³/mol. The number of hydrogen-bond acceptors (Lipinski definition) is 5. The Morgan fingerprint density at radius 3 is 2.68 bits per heavy atom. The van der Waals surface area contributed by atoms with Crippen molar-refractivity contribution in [3.05, 3.63) is 76.9 Å². The first-order valence-corrected chi connectivity index (χ1v) is 8.54. The Kier molecular flexibility index (Phi) is 4.60. The summed E-state index contributed by atoms with van der Waals surface area (Å²) in [5.41, 5.74) is 2.26. The van der Waals surface area contributed by atoms with E-state index in [2.05, 4.69) is 20.1 Å². The van der Waals surface area contributed by atoms with Crippen LogP contribution in [-0.2, 0) is 13.5 Å². The van der Waals surface area contributed by atoms with Crippen molar-refractivity contribution in [1.29, 1.82) is 0 Å². The molecule has 2 heterocycles. The lowest BCUT2D eigenvalue weighted by Gasteiger charge is -2.18. The van der Waals surface area contributed by atoms with Crippen LogP contribution in [-0.4, -0.2) is 39.0 Å². The van der Waals surface area contributed by atoms with Crippen LogP contribution in [0.25, 0.3) is 0 Å². The zero-order valence-corrected chi connectivity index (χ0v) is 14.9. The minimum atomic E-state index is -0.557. The van der Waals surface area contributed by atoms with E-state index in [-0.39, 0.29) is 29.4 Å². The number of hydrogen-bond donors (Lipinski definition) is 0. The second kappa shape index (κ2) is 7.22.